The van der Waals surface area contributed by atoms with E-state index in [9.17, 15) is 4.79 Å². The van der Waals surface area contributed by atoms with Crippen LogP contribution < -0.4 is 16.0 Å². The van der Waals surface area contributed by atoms with Gasteiger partial charge in [0, 0.05) is 47.7 Å². The third kappa shape index (κ3) is 5.61. The molecule has 0 saturated heterocycles. The maximum absolute atomic E-state index is 12.7. The number of aromatic nitrogens is 1. The van der Waals surface area contributed by atoms with E-state index < -0.39 is 0 Å². The van der Waals surface area contributed by atoms with Crippen molar-refractivity contribution in [3.63, 3.8) is 0 Å². The first-order valence-corrected chi connectivity index (χ1v) is 11.7. The lowest BCUT2D eigenvalue weighted by Crippen LogP contribution is -2.31. The molecule has 5 nitrogen and oxygen atoms in total. The van der Waals surface area contributed by atoms with Crippen molar-refractivity contribution in [3.8, 4) is 0 Å². The van der Waals surface area contributed by atoms with Crippen LogP contribution in [0.4, 0.5) is 11.4 Å². The Bertz CT molecular complexity index is 1310. The van der Waals surface area contributed by atoms with Gasteiger partial charge in [-0.3, -0.25) is 9.78 Å². The summed E-state index contributed by atoms with van der Waals surface area (Å²) in [6.45, 7) is 10.5. The van der Waals surface area contributed by atoms with Gasteiger partial charge in [-0.2, -0.15) is 0 Å². The van der Waals surface area contributed by atoms with Crippen molar-refractivity contribution < 1.29 is 4.79 Å². The molecule has 0 bridgehead atoms. The number of nitrogens with zero attached hydrogens (tertiary/aromatic N) is 1. The highest BCUT2D eigenvalue weighted by Gasteiger charge is 2.09. The molecule has 1 heterocycles. The van der Waals surface area contributed by atoms with Crippen LogP contribution in [0.2, 0.25) is 0 Å². The zero-order valence-corrected chi connectivity index (χ0v) is 20.3. The minimum Gasteiger partial charge on any atom is -0.355 e. The molecule has 0 aliphatic heterocycles. The number of benzene rings is 3. The number of aryl methyl sites for hydroxylation is 4. The zero-order chi connectivity index (χ0) is 24.1. The highest BCUT2D eigenvalue weighted by molar-refractivity contribution is 5.96. The van der Waals surface area contributed by atoms with Crippen LogP contribution in [0.1, 0.15) is 38.3 Å². The average molecular weight is 453 g/mol. The molecular weight excluding hydrogens is 420 g/mol. The van der Waals surface area contributed by atoms with Crippen LogP contribution in [0, 0.1) is 27.7 Å². The maximum atomic E-state index is 12.7. The van der Waals surface area contributed by atoms with Gasteiger partial charge >= 0.3 is 0 Å². The van der Waals surface area contributed by atoms with Crippen LogP contribution >= 0.6 is 0 Å². The monoisotopic (exact) mass is 452 g/mol. The summed E-state index contributed by atoms with van der Waals surface area (Å²) in [6, 6.07) is 22.1. The molecule has 0 radical (unpaired) electrons. The Labute approximate surface area is 201 Å². The number of fused-ring (bicyclic) bond motifs is 1. The number of hydrogen-bond acceptors (Lipinski definition) is 4. The first-order valence-electron chi connectivity index (χ1n) is 11.7. The van der Waals surface area contributed by atoms with E-state index in [0.717, 1.165) is 34.5 Å². The van der Waals surface area contributed by atoms with Gasteiger partial charge in [0.05, 0.1) is 5.52 Å². The Morgan fingerprint density at radius 2 is 1.62 bits per heavy atom. The van der Waals surface area contributed by atoms with E-state index in [1.807, 2.05) is 61.5 Å². The fourth-order valence-electron chi connectivity index (χ4n) is 4.37. The van der Waals surface area contributed by atoms with Crippen LogP contribution in [-0.4, -0.2) is 24.0 Å². The molecule has 0 spiro atoms. The molecule has 1 aromatic heterocycles. The number of amides is 1. The summed E-state index contributed by atoms with van der Waals surface area (Å²) in [5.41, 5.74) is 9.58. The van der Waals surface area contributed by atoms with Crippen LogP contribution in [0.3, 0.4) is 0 Å². The van der Waals surface area contributed by atoms with Gasteiger partial charge in [-0.1, -0.05) is 42.0 Å². The molecule has 5 heteroatoms. The third-order valence-corrected chi connectivity index (χ3v) is 5.98. The first-order chi connectivity index (χ1) is 16.4. The number of carbonyl (C=O) groups is 1. The SMILES string of the molecule is Cc1cc(C)c(CNCCNC(=O)c2cccc(Nc3cc(C)nc4ccccc34)c2)c(C)c1. The number of para-hydroxylation sites is 1. The zero-order valence-electron chi connectivity index (χ0n) is 20.3. The molecule has 0 fully saturated rings. The fraction of sp³-hybridized carbons (Fsp3) is 0.241. The van der Waals surface area contributed by atoms with Crippen molar-refractivity contribution in [3.05, 3.63) is 100 Å². The van der Waals surface area contributed by atoms with Crippen molar-refractivity contribution in [2.24, 2.45) is 0 Å². The third-order valence-electron chi connectivity index (χ3n) is 5.98. The highest BCUT2D eigenvalue weighted by atomic mass is 16.1. The van der Waals surface area contributed by atoms with Gasteiger partial charge in [0.15, 0.2) is 0 Å². The predicted molar refractivity (Wildman–Crippen MR) is 141 cm³/mol. The van der Waals surface area contributed by atoms with Gasteiger partial charge < -0.3 is 16.0 Å². The number of nitrogens with one attached hydrogen (secondary N) is 3. The Balaban J connectivity index is 1.34. The molecule has 0 aliphatic rings. The van der Waals surface area contributed by atoms with Crippen LogP contribution in [-0.2, 0) is 6.54 Å². The number of anilines is 2. The lowest BCUT2D eigenvalue weighted by atomic mass is 10.00. The van der Waals surface area contributed by atoms with E-state index in [1.165, 1.54) is 22.3 Å². The molecule has 0 aliphatic carbocycles. The molecule has 1 amide bonds. The van der Waals surface area contributed by atoms with E-state index in [4.69, 9.17) is 0 Å². The van der Waals surface area contributed by atoms with Crippen LogP contribution in [0.5, 0.6) is 0 Å². The van der Waals surface area contributed by atoms with Gasteiger partial charge in [-0.25, -0.2) is 0 Å². The molecular formula is C29H32N4O. The topological polar surface area (TPSA) is 66.0 Å². The van der Waals surface area contributed by atoms with Gasteiger partial charge in [0.25, 0.3) is 5.91 Å². The number of rotatable bonds is 8. The predicted octanol–water partition coefficient (Wildman–Crippen LogP) is 5.73. The molecule has 34 heavy (non-hydrogen) atoms. The lowest BCUT2D eigenvalue weighted by molar-refractivity contribution is 0.0954. The summed E-state index contributed by atoms with van der Waals surface area (Å²) >= 11 is 0. The molecule has 174 valence electrons. The fourth-order valence-corrected chi connectivity index (χ4v) is 4.37. The Hall–Kier alpha value is -3.70. The minimum atomic E-state index is -0.0797. The summed E-state index contributed by atoms with van der Waals surface area (Å²) in [6.07, 6.45) is 0. The van der Waals surface area contributed by atoms with Crippen molar-refractivity contribution in [2.45, 2.75) is 34.2 Å². The van der Waals surface area contributed by atoms with Crippen molar-refractivity contribution in [1.29, 1.82) is 0 Å². The standard InChI is InChI=1S/C29H32N4O/c1-19-14-20(2)26(21(3)15-19)18-30-12-13-31-29(34)23-8-7-9-24(17-23)33-28-16-22(4)32-27-11-6-5-10-25(27)28/h5-11,14-17,30H,12-13,18H2,1-4H3,(H,31,34)(H,32,33). The number of hydrogen-bond donors (Lipinski definition) is 3. The van der Waals surface area contributed by atoms with Gasteiger partial charge in [0.1, 0.15) is 0 Å². The Morgan fingerprint density at radius 3 is 2.41 bits per heavy atom. The van der Waals surface area contributed by atoms with E-state index >= 15 is 0 Å². The van der Waals surface area contributed by atoms with Gasteiger partial charge in [-0.05, 0) is 74.7 Å². The second-order valence-corrected chi connectivity index (χ2v) is 8.84. The second-order valence-electron chi connectivity index (χ2n) is 8.84. The second kappa shape index (κ2) is 10.5. The average Bonchev–Trinajstić information content (AvgIpc) is 2.80. The van der Waals surface area contributed by atoms with Crippen molar-refractivity contribution in [1.82, 2.24) is 15.6 Å². The molecule has 3 N–H and O–H groups in total. The van der Waals surface area contributed by atoms with Crippen molar-refractivity contribution >= 4 is 28.2 Å². The normalized spacial score (nSPS) is 10.9. The largest absolute Gasteiger partial charge is 0.355 e. The summed E-state index contributed by atoms with van der Waals surface area (Å²) in [7, 11) is 0. The van der Waals surface area contributed by atoms with E-state index in [2.05, 4.69) is 53.8 Å². The maximum Gasteiger partial charge on any atom is 0.251 e. The number of pyridine rings is 1. The first kappa shape index (κ1) is 23.5. The molecule has 3 aromatic carbocycles. The minimum absolute atomic E-state index is 0.0797. The summed E-state index contributed by atoms with van der Waals surface area (Å²) in [4.78, 5) is 17.3. The molecule has 4 aromatic rings. The lowest BCUT2D eigenvalue weighted by Gasteiger charge is -2.13. The Kier molecular flexibility index (Phi) is 7.24. The van der Waals surface area contributed by atoms with E-state index in [-0.39, 0.29) is 5.91 Å². The molecule has 0 saturated carbocycles. The quantitative estimate of drug-likeness (QED) is 0.299. The highest BCUT2D eigenvalue weighted by Crippen LogP contribution is 2.26. The van der Waals surface area contributed by atoms with Gasteiger partial charge in [-0.15, -0.1) is 0 Å². The van der Waals surface area contributed by atoms with Crippen LogP contribution in [0.25, 0.3) is 10.9 Å². The van der Waals surface area contributed by atoms with Crippen molar-refractivity contribution in [2.75, 3.05) is 18.4 Å². The van der Waals surface area contributed by atoms with E-state index in [1.54, 1.807) is 0 Å². The van der Waals surface area contributed by atoms with Crippen LogP contribution in [0.15, 0.2) is 66.7 Å². The molecule has 0 atom stereocenters. The smallest absolute Gasteiger partial charge is 0.251 e. The molecule has 4 rings (SSSR count). The van der Waals surface area contributed by atoms with E-state index in [0.29, 0.717) is 18.7 Å². The number of carbonyl (C=O) groups excluding carboxylic acids is 1. The Morgan fingerprint density at radius 1 is 0.853 bits per heavy atom. The summed E-state index contributed by atoms with van der Waals surface area (Å²) < 4.78 is 0. The van der Waals surface area contributed by atoms with Gasteiger partial charge in [0.2, 0.25) is 0 Å². The summed E-state index contributed by atoms with van der Waals surface area (Å²) in [5, 5.41) is 11.0. The summed E-state index contributed by atoms with van der Waals surface area (Å²) in [5.74, 6) is -0.0797. The molecule has 0 unspecified atom stereocenters.